The van der Waals surface area contributed by atoms with E-state index in [9.17, 15) is 9.18 Å². The van der Waals surface area contributed by atoms with Crippen molar-refractivity contribution in [3.63, 3.8) is 0 Å². The van der Waals surface area contributed by atoms with Crippen LogP contribution < -0.4 is 5.32 Å². The summed E-state index contributed by atoms with van der Waals surface area (Å²) in [4.78, 5) is 10.9. The van der Waals surface area contributed by atoms with Crippen molar-refractivity contribution >= 4 is 6.09 Å². The summed E-state index contributed by atoms with van der Waals surface area (Å²) in [7, 11) is 0. The third kappa shape index (κ3) is 5.53. The first kappa shape index (κ1) is 12.7. The van der Waals surface area contributed by atoms with Gasteiger partial charge in [-0.1, -0.05) is 24.3 Å². The van der Waals surface area contributed by atoms with E-state index in [1.807, 2.05) is 6.08 Å². The van der Waals surface area contributed by atoms with Gasteiger partial charge in [-0.05, 0) is 25.2 Å². The van der Waals surface area contributed by atoms with Gasteiger partial charge in [0.1, 0.15) is 13.3 Å². The van der Waals surface area contributed by atoms with Gasteiger partial charge in [0.05, 0.1) is 0 Å². The monoisotopic (exact) mass is 227 g/mol. The highest BCUT2D eigenvalue weighted by Gasteiger charge is 2.05. The molecule has 1 amide bonds. The summed E-state index contributed by atoms with van der Waals surface area (Å²) < 4.78 is 16.2. The molecule has 1 atom stereocenters. The van der Waals surface area contributed by atoms with Gasteiger partial charge in [-0.25, -0.2) is 9.18 Å². The summed E-state index contributed by atoms with van der Waals surface area (Å²) >= 11 is 0. The summed E-state index contributed by atoms with van der Waals surface area (Å²) in [5.74, 6) is 0.577. The van der Waals surface area contributed by atoms with E-state index < -0.39 is 12.8 Å². The largest absolute Gasteiger partial charge is 0.447 e. The van der Waals surface area contributed by atoms with E-state index in [1.165, 1.54) is 6.42 Å². The minimum absolute atomic E-state index is 0.178. The quantitative estimate of drug-likeness (QED) is 0.733. The summed E-state index contributed by atoms with van der Waals surface area (Å²) in [5.41, 5.74) is 0. The number of amides is 1. The summed E-state index contributed by atoms with van der Waals surface area (Å²) in [5, 5.41) is 2.52. The zero-order valence-electron chi connectivity index (χ0n) is 9.32. The van der Waals surface area contributed by atoms with Crippen molar-refractivity contribution in [1.29, 1.82) is 0 Å². The molecule has 0 aromatic heterocycles. The van der Waals surface area contributed by atoms with E-state index in [2.05, 4.69) is 28.3 Å². The molecule has 0 heterocycles. The molecule has 3 nitrogen and oxygen atoms in total. The normalized spacial score (nSPS) is 19.9. The van der Waals surface area contributed by atoms with Gasteiger partial charge in [-0.15, -0.1) is 0 Å². The average molecular weight is 227 g/mol. The van der Waals surface area contributed by atoms with Crippen LogP contribution >= 0.6 is 0 Å². The number of ether oxygens (including phenoxy) is 1. The minimum Gasteiger partial charge on any atom is -0.447 e. The number of carbonyl (C=O) groups is 1. The van der Waals surface area contributed by atoms with Gasteiger partial charge in [-0.3, -0.25) is 0 Å². The third-order valence-electron chi connectivity index (χ3n) is 2.39. The predicted octanol–water partition coefficient (Wildman–Crippen LogP) is 2.59. The Hall–Kier alpha value is -1.32. The zero-order chi connectivity index (χ0) is 11.6. The highest BCUT2D eigenvalue weighted by molar-refractivity contribution is 5.67. The average Bonchev–Trinajstić information content (AvgIpc) is 2.33. The Bertz CT molecular complexity index is 264. The first-order valence-electron chi connectivity index (χ1n) is 5.61. The molecule has 1 aliphatic carbocycles. The molecule has 0 saturated carbocycles. The Morgan fingerprint density at radius 1 is 1.56 bits per heavy atom. The molecule has 1 rings (SSSR count). The maximum Gasteiger partial charge on any atom is 0.407 e. The second-order valence-corrected chi connectivity index (χ2v) is 3.68. The number of nitrogens with one attached hydrogen (secondary N) is 1. The lowest BCUT2D eigenvalue weighted by molar-refractivity contribution is 0.138. The zero-order valence-corrected chi connectivity index (χ0v) is 9.32. The van der Waals surface area contributed by atoms with Crippen LogP contribution in [-0.2, 0) is 4.74 Å². The molecule has 0 aliphatic heterocycles. The number of hydrogen-bond donors (Lipinski definition) is 1. The molecule has 0 fully saturated rings. The predicted molar refractivity (Wildman–Crippen MR) is 60.9 cm³/mol. The highest BCUT2D eigenvalue weighted by Crippen LogP contribution is 2.18. The molecular weight excluding hydrogens is 209 g/mol. The topological polar surface area (TPSA) is 38.3 Å². The van der Waals surface area contributed by atoms with Gasteiger partial charge in [-0.2, -0.15) is 0 Å². The number of alkyl carbamates (subject to hydrolysis) is 1. The lowest BCUT2D eigenvalue weighted by Gasteiger charge is -2.12. The van der Waals surface area contributed by atoms with Crippen molar-refractivity contribution in [3.05, 3.63) is 24.3 Å². The molecule has 90 valence electrons. The minimum atomic E-state index is -0.641. The fourth-order valence-electron chi connectivity index (χ4n) is 1.58. The molecule has 1 N–H and O–H groups in total. The Morgan fingerprint density at radius 2 is 2.44 bits per heavy atom. The van der Waals surface area contributed by atoms with Crippen LogP contribution in [0.2, 0.25) is 0 Å². The second-order valence-electron chi connectivity index (χ2n) is 3.68. The van der Waals surface area contributed by atoms with Crippen LogP contribution in [0.1, 0.15) is 19.3 Å². The molecule has 0 bridgehead atoms. The van der Waals surface area contributed by atoms with Gasteiger partial charge in [0, 0.05) is 6.54 Å². The lowest BCUT2D eigenvalue weighted by Crippen LogP contribution is -2.25. The maximum absolute atomic E-state index is 11.7. The molecule has 4 heteroatoms. The lowest BCUT2D eigenvalue weighted by atomic mass is 9.94. The number of carbonyl (C=O) groups excluding carboxylic acids is 1. The Balaban J connectivity index is 2.07. The summed E-state index contributed by atoms with van der Waals surface area (Å²) in [6.45, 7) is -0.383. The Kier molecular flexibility index (Phi) is 6.30. The third-order valence-corrected chi connectivity index (χ3v) is 2.39. The van der Waals surface area contributed by atoms with Crippen LogP contribution in [0.3, 0.4) is 0 Å². The van der Waals surface area contributed by atoms with E-state index in [1.54, 1.807) is 0 Å². The fourth-order valence-corrected chi connectivity index (χ4v) is 1.58. The highest BCUT2D eigenvalue weighted by atomic mass is 19.1. The second kappa shape index (κ2) is 7.91. The Morgan fingerprint density at radius 3 is 3.12 bits per heavy atom. The van der Waals surface area contributed by atoms with Gasteiger partial charge in [0.2, 0.25) is 0 Å². The van der Waals surface area contributed by atoms with Crippen molar-refractivity contribution in [3.8, 4) is 0 Å². The van der Waals surface area contributed by atoms with Gasteiger partial charge < -0.3 is 10.1 Å². The molecule has 16 heavy (non-hydrogen) atoms. The number of hydrogen-bond acceptors (Lipinski definition) is 2. The van der Waals surface area contributed by atoms with E-state index in [-0.39, 0.29) is 6.61 Å². The molecular formula is C12H18FNO2. The van der Waals surface area contributed by atoms with E-state index in [0.29, 0.717) is 12.5 Å². The number of allylic oxidation sites excluding steroid dienone is 3. The Labute approximate surface area is 95.4 Å². The first-order valence-corrected chi connectivity index (χ1v) is 5.61. The first-order chi connectivity index (χ1) is 7.83. The molecule has 1 aliphatic rings. The van der Waals surface area contributed by atoms with Crippen LogP contribution in [0.15, 0.2) is 24.3 Å². The van der Waals surface area contributed by atoms with E-state index >= 15 is 0 Å². The van der Waals surface area contributed by atoms with Gasteiger partial charge in [0.15, 0.2) is 0 Å². The van der Waals surface area contributed by atoms with Crippen LogP contribution in [0.25, 0.3) is 0 Å². The maximum atomic E-state index is 11.7. The summed E-state index contributed by atoms with van der Waals surface area (Å²) in [6, 6.07) is 0. The summed E-state index contributed by atoms with van der Waals surface area (Å²) in [6.07, 6.45) is 11.2. The van der Waals surface area contributed by atoms with Crippen molar-refractivity contribution in [1.82, 2.24) is 5.32 Å². The molecule has 1 unspecified atom stereocenters. The molecule has 0 aromatic rings. The van der Waals surface area contributed by atoms with Crippen molar-refractivity contribution in [2.75, 3.05) is 19.8 Å². The van der Waals surface area contributed by atoms with Crippen molar-refractivity contribution < 1.29 is 13.9 Å². The van der Waals surface area contributed by atoms with Crippen LogP contribution in [0.5, 0.6) is 0 Å². The smallest absolute Gasteiger partial charge is 0.407 e. The molecule has 0 spiro atoms. The SMILES string of the molecule is O=C(NCC=CC1CC=CCC1)OCCF. The van der Waals surface area contributed by atoms with Crippen LogP contribution in [-0.4, -0.2) is 25.9 Å². The van der Waals surface area contributed by atoms with Gasteiger partial charge >= 0.3 is 6.09 Å². The van der Waals surface area contributed by atoms with Crippen molar-refractivity contribution in [2.24, 2.45) is 5.92 Å². The standard InChI is InChI=1S/C12H18FNO2/c13-8-10-16-12(15)14-9-4-7-11-5-2-1-3-6-11/h1-2,4,7,11H,3,5-6,8-10H2,(H,14,15). The van der Waals surface area contributed by atoms with Crippen LogP contribution in [0, 0.1) is 5.92 Å². The number of alkyl halides is 1. The molecule has 0 saturated heterocycles. The number of halogens is 1. The van der Waals surface area contributed by atoms with E-state index in [0.717, 1.165) is 12.8 Å². The van der Waals surface area contributed by atoms with Crippen molar-refractivity contribution in [2.45, 2.75) is 19.3 Å². The molecule has 0 aromatic carbocycles. The van der Waals surface area contributed by atoms with E-state index in [4.69, 9.17) is 0 Å². The number of rotatable bonds is 5. The fraction of sp³-hybridized carbons (Fsp3) is 0.583. The van der Waals surface area contributed by atoms with Crippen LogP contribution in [0.4, 0.5) is 9.18 Å². The molecule has 0 radical (unpaired) electrons. The van der Waals surface area contributed by atoms with Gasteiger partial charge in [0.25, 0.3) is 0 Å².